The number of imidazole rings is 1. The number of nitrogen functional groups attached to an aromatic ring is 1. The maximum absolute atomic E-state index is 12.8. The Labute approximate surface area is 171 Å². The molecule has 4 aromatic rings. The molecule has 148 valence electrons. The van der Waals surface area contributed by atoms with Crippen molar-refractivity contribution in [3.8, 4) is 0 Å². The summed E-state index contributed by atoms with van der Waals surface area (Å²) in [4.78, 5) is 31.1. The van der Waals surface area contributed by atoms with Gasteiger partial charge in [-0.1, -0.05) is 24.3 Å². The summed E-state index contributed by atoms with van der Waals surface area (Å²) in [6.45, 7) is 0. The fourth-order valence-corrected chi connectivity index (χ4v) is 2.97. The summed E-state index contributed by atoms with van der Waals surface area (Å²) in [5.41, 5.74) is 9.10. The maximum atomic E-state index is 12.8. The number of nitrogens with one attached hydrogen (secondary N) is 2. The molecule has 0 bridgehead atoms. The number of hydrogen-bond donors (Lipinski definition) is 3. The largest absolute Gasteiger partial charge is 0.399 e. The van der Waals surface area contributed by atoms with E-state index in [9.17, 15) is 14.9 Å². The van der Waals surface area contributed by atoms with E-state index in [1.54, 1.807) is 42.5 Å². The number of nitrogens with two attached hydrogens (primary N) is 1. The van der Waals surface area contributed by atoms with Gasteiger partial charge in [0.15, 0.2) is 5.82 Å². The molecule has 0 saturated carbocycles. The van der Waals surface area contributed by atoms with Crippen LogP contribution in [0, 0.1) is 10.1 Å². The number of anilines is 1. The standard InChI is InChI=1S/C22H17N5O3/c23-16-10-8-15(9-11-16)22(28)26-20(13-14-4-3-5-17(12-14)27(29)30)21-24-18-6-1-2-7-19(18)25-21/h1-13H,23H2,(H,24,25)(H,26,28). The van der Waals surface area contributed by atoms with E-state index >= 15 is 0 Å². The fourth-order valence-electron chi connectivity index (χ4n) is 2.97. The normalized spacial score (nSPS) is 11.4. The van der Waals surface area contributed by atoms with Crippen LogP contribution in [0.1, 0.15) is 21.7 Å². The summed E-state index contributed by atoms with van der Waals surface area (Å²) in [5.74, 6) is 0.0821. The lowest BCUT2D eigenvalue weighted by molar-refractivity contribution is -0.384. The van der Waals surface area contributed by atoms with Gasteiger partial charge in [0, 0.05) is 23.4 Å². The van der Waals surface area contributed by atoms with Gasteiger partial charge in [0.1, 0.15) is 0 Å². The highest BCUT2D eigenvalue weighted by molar-refractivity contribution is 6.02. The van der Waals surface area contributed by atoms with E-state index in [0.29, 0.717) is 28.3 Å². The molecule has 0 saturated heterocycles. The number of carbonyl (C=O) groups excluding carboxylic acids is 1. The highest BCUT2D eigenvalue weighted by Crippen LogP contribution is 2.21. The minimum atomic E-state index is -0.467. The zero-order valence-corrected chi connectivity index (χ0v) is 15.7. The molecular formula is C22H17N5O3. The molecule has 1 aromatic heterocycles. The molecule has 1 heterocycles. The van der Waals surface area contributed by atoms with E-state index in [2.05, 4.69) is 15.3 Å². The van der Waals surface area contributed by atoms with Gasteiger partial charge < -0.3 is 16.0 Å². The third kappa shape index (κ3) is 4.02. The van der Waals surface area contributed by atoms with Crippen LogP contribution in [0.15, 0.2) is 72.8 Å². The lowest BCUT2D eigenvalue weighted by Crippen LogP contribution is -2.22. The number of amides is 1. The van der Waals surface area contributed by atoms with E-state index in [4.69, 9.17) is 5.73 Å². The fraction of sp³-hybridized carbons (Fsp3) is 0. The molecule has 0 radical (unpaired) electrons. The predicted octanol–water partition coefficient (Wildman–Crippen LogP) is 3.98. The number of nitro benzene ring substituents is 1. The van der Waals surface area contributed by atoms with Gasteiger partial charge in [0.25, 0.3) is 11.6 Å². The average Bonchev–Trinajstić information content (AvgIpc) is 3.18. The summed E-state index contributed by atoms with van der Waals surface area (Å²) < 4.78 is 0. The topological polar surface area (TPSA) is 127 Å². The van der Waals surface area contributed by atoms with Gasteiger partial charge in [0.05, 0.1) is 21.7 Å². The highest BCUT2D eigenvalue weighted by atomic mass is 16.6. The number of nitrogens with zero attached hydrogens (tertiary/aromatic N) is 2. The van der Waals surface area contributed by atoms with Gasteiger partial charge in [-0.15, -0.1) is 0 Å². The van der Waals surface area contributed by atoms with Crippen molar-refractivity contribution in [2.24, 2.45) is 0 Å². The van der Waals surface area contributed by atoms with Crippen molar-refractivity contribution in [2.45, 2.75) is 0 Å². The molecule has 30 heavy (non-hydrogen) atoms. The molecule has 0 aliphatic rings. The highest BCUT2D eigenvalue weighted by Gasteiger charge is 2.14. The lowest BCUT2D eigenvalue weighted by atomic mass is 10.1. The van der Waals surface area contributed by atoms with Crippen molar-refractivity contribution < 1.29 is 9.72 Å². The Morgan fingerprint density at radius 3 is 2.57 bits per heavy atom. The first-order valence-electron chi connectivity index (χ1n) is 9.08. The van der Waals surface area contributed by atoms with Crippen molar-refractivity contribution in [3.63, 3.8) is 0 Å². The predicted molar refractivity (Wildman–Crippen MR) is 115 cm³/mol. The summed E-state index contributed by atoms with van der Waals surface area (Å²) in [5, 5.41) is 13.9. The van der Waals surface area contributed by atoms with E-state index in [1.165, 1.54) is 12.1 Å². The second-order valence-electron chi connectivity index (χ2n) is 6.59. The first kappa shape index (κ1) is 18.9. The molecule has 4 rings (SSSR count). The van der Waals surface area contributed by atoms with Crippen molar-refractivity contribution in [3.05, 3.63) is 99.9 Å². The molecule has 0 fully saturated rings. The van der Waals surface area contributed by atoms with Gasteiger partial charge >= 0.3 is 0 Å². The number of H-pyrrole nitrogens is 1. The number of benzene rings is 3. The molecular weight excluding hydrogens is 382 g/mol. The van der Waals surface area contributed by atoms with Crippen LogP contribution in [0.4, 0.5) is 11.4 Å². The van der Waals surface area contributed by atoms with E-state index in [-0.39, 0.29) is 11.6 Å². The molecule has 0 unspecified atom stereocenters. The SMILES string of the molecule is Nc1ccc(C(=O)NC(=Cc2cccc([N+](=O)[O-])c2)c2nc3ccccc3[nH]2)cc1. The lowest BCUT2D eigenvalue weighted by Gasteiger charge is -2.09. The Morgan fingerprint density at radius 1 is 1.07 bits per heavy atom. The van der Waals surface area contributed by atoms with Crippen molar-refractivity contribution in [2.75, 3.05) is 5.73 Å². The van der Waals surface area contributed by atoms with Gasteiger partial charge in [0.2, 0.25) is 0 Å². The minimum Gasteiger partial charge on any atom is -0.399 e. The summed E-state index contributed by atoms with van der Waals surface area (Å²) >= 11 is 0. The summed E-state index contributed by atoms with van der Waals surface area (Å²) in [6, 6.07) is 20.1. The Bertz CT molecular complexity index is 1240. The number of aromatic amines is 1. The first-order chi connectivity index (χ1) is 14.5. The molecule has 8 nitrogen and oxygen atoms in total. The summed E-state index contributed by atoms with van der Waals surface area (Å²) in [7, 11) is 0. The number of carbonyl (C=O) groups is 1. The number of aromatic nitrogens is 2. The molecule has 3 aromatic carbocycles. The van der Waals surface area contributed by atoms with E-state index in [0.717, 1.165) is 11.0 Å². The average molecular weight is 399 g/mol. The monoisotopic (exact) mass is 399 g/mol. The van der Waals surface area contributed by atoms with Crippen molar-refractivity contribution in [1.29, 1.82) is 0 Å². The van der Waals surface area contributed by atoms with Crippen LogP contribution in [0.2, 0.25) is 0 Å². The Morgan fingerprint density at radius 2 is 1.83 bits per heavy atom. The summed E-state index contributed by atoms with van der Waals surface area (Å²) in [6.07, 6.45) is 1.64. The Hall–Kier alpha value is -4.46. The van der Waals surface area contributed by atoms with Crippen LogP contribution in [0.3, 0.4) is 0 Å². The molecule has 0 aliphatic heterocycles. The molecule has 4 N–H and O–H groups in total. The van der Waals surface area contributed by atoms with Crippen molar-refractivity contribution >= 4 is 40.1 Å². The van der Waals surface area contributed by atoms with Crippen LogP contribution in [0.5, 0.6) is 0 Å². The van der Waals surface area contributed by atoms with Crippen molar-refractivity contribution in [1.82, 2.24) is 15.3 Å². The Balaban J connectivity index is 1.76. The number of para-hydroxylation sites is 2. The van der Waals surface area contributed by atoms with Crippen LogP contribution in [0.25, 0.3) is 22.8 Å². The molecule has 0 aliphatic carbocycles. The van der Waals surface area contributed by atoms with Gasteiger partial charge in [-0.3, -0.25) is 14.9 Å². The molecule has 0 spiro atoms. The third-order valence-electron chi connectivity index (χ3n) is 4.46. The Kier molecular flexibility index (Phi) is 4.96. The second kappa shape index (κ2) is 7.88. The number of hydrogen-bond acceptors (Lipinski definition) is 5. The van der Waals surface area contributed by atoms with E-state index in [1.807, 2.05) is 24.3 Å². The first-order valence-corrected chi connectivity index (χ1v) is 9.08. The number of rotatable bonds is 5. The van der Waals surface area contributed by atoms with Crippen LogP contribution in [-0.2, 0) is 0 Å². The van der Waals surface area contributed by atoms with Gasteiger partial charge in [-0.25, -0.2) is 4.98 Å². The maximum Gasteiger partial charge on any atom is 0.270 e. The minimum absolute atomic E-state index is 0.0439. The smallest absolute Gasteiger partial charge is 0.270 e. The molecule has 1 amide bonds. The van der Waals surface area contributed by atoms with Crippen LogP contribution >= 0.6 is 0 Å². The molecule has 0 atom stereocenters. The van der Waals surface area contributed by atoms with E-state index < -0.39 is 4.92 Å². The quantitative estimate of drug-likeness (QED) is 0.266. The van der Waals surface area contributed by atoms with Gasteiger partial charge in [-0.2, -0.15) is 0 Å². The zero-order valence-electron chi connectivity index (χ0n) is 15.7. The van der Waals surface area contributed by atoms with Crippen LogP contribution < -0.4 is 11.1 Å². The number of fused-ring (bicyclic) bond motifs is 1. The van der Waals surface area contributed by atoms with Gasteiger partial charge in [-0.05, 0) is 48.0 Å². The zero-order chi connectivity index (χ0) is 21.1. The number of non-ortho nitro benzene ring substituents is 1. The second-order valence-corrected chi connectivity index (χ2v) is 6.59. The molecule has 8 heteroatoms. The van der Waals surface area contributed by atoms with Crippen LogP contribution in [-0.4, -0.2) is 20.8 Å². The number of nitro groups is 1. The third-order valence-corrected chi connectivity index (χ3v) is 4.46.